The molecule has 0 fully saturated rings. The number of aryl methyl sites for hydroxylation is 1. The monoisotopic (exact) mass is 311 g/mol. The molecule has 0 aliphatic rings. The van der Waals surface area contributed by atoms with E-state index in [1.807, 2.05) is 25.5 Å². The van der Waals surface area contributed by atoms with E-state index in [1.54, 1.807) is 6.92 Å². The average Bonchev–Trinajstić information content (AvgIpc) is 3.17. The molecule has 0 saturated heterocycles. The second kappa shape index (κ2) is 6.75. The number of benzene rings is 1. The summed E-state index contributed by atoms with van der Waals surface area (Å²) < 4.78 is 7.68. The standard InChI is InChI=1S/C17H21N5O/c1-13(17-20-19-14(2)23-17)21(3)12-16-18-9-10-22(16)11-15-7-5-4-6-8-15/h4-10,13H,11-12H2,1-3H3. The third-order valence-corrected chi connectivity index (χ3v) is 3.95. The van der Waals surface area contributed by atoms with Crippen LogP contribution < -0.4 is 0 Å². The smallest absolute Gasteiger partial charge is 0.233 e. The van der Waals surface area contributed by atoms with Crippen molar-refractivity contribution in [1.29, 1.82) is 0 Å². The summed E-state index contributed by atoms with van der Waals surface area (Å²) in [7, 11) is 2.03. The Hall–Kier alpha value is -2.47. The fourth-order valence-corrected chi connectivity index (χ4v) is 2.44. The van der Waals surface area contributed by atoms with Crippen LogP contribution in [0.1, 0.15) is 36.1 Å². The molecule has 6 nitrogen and oxygen atoms in total. The SMILES string of the molecule is Cc1nnc(C(C)N(C)Cc2nccn2Cc2ccccc2)o1. The van der Waals surface area contributed by atoms with Crippen molar-refractivity contribution in [2.24, 2.45) is 0 Å². The van der Waals surface area contributed by atoms with E-state index in [2.05, 4.69) is 55.8 Å². The van der Waals surface area contributed by atoms with Crippen LogP contribution >= 0.6 is 0 Å². The molecular formula is C17H21N5O. The molecule has 1 unspecified atom stereocenters. The minimum absolute atomic E-state index is 0.0399. The first-order valence-electron chi connectivity index (χ1n) is 7.67. The van der Waals surface area contributed by atoms with Crippen LogP contribution in [-0.2, 0) is 13.1 Å². The van der Waals surface area contributed by atoms with Gasteiger partial charge in [-0.25, -0.2) is 4.98 Å². The molecule has 3 rings (SSSR count). The molecule has 0 aliphatic heterocycles. The number of nitrogens with zero attached hydrogens (tertiary/aromatic N) is 5. The van der Waals surface area contributed by atoms with Crippen LogP contribution in [0.4, 0.5) is 0 Å². The highest BCUT2D eigenvalue weighted by Crippen LogP contribution is 2.19. The quantitative estimate of drug-likeness (QED) is 0.700. The van der Waals surface area contributed by atoms with E-state index in [4.69, 9.17) is 4.42 Å². The summed E-state index contributed by atoms with van der Waals surface area (Å²) in [4.78, 5) is 6.64. The van der Waals surface area contributed by atoms with E-state index in [9.17, 15) is 0 Å². The summed E-state index contributed by atoms with van der Waals surface area (Å²) >= 11 is 0. The van der Waals surface area contributed by atoms with Crippen LogP contribution in [0, 0.1) is 6.92 Å². The molecule has 0 aliphatic carbocycles. The third kappa shape index (κ3) is 3.65. The van der Waals surface area contributed by atoms with Gasteiger partial charge in [-0.3, -0.25) is 4.90 Å². The van der Waals surface area contributed by atoms with Gasteiger partial charge in [0.25, 0.3) is 0 Å². The minimum atomic E-state index is 0.0399. The molecule has 120 valence electrons. The predicted octanol–water partition coefficient (Wildman–Crippen LogP) is 2.82. The summed E-state index contributed by atoms with van der Waals surface area (Å²) in [5.41, 5.74) is 1.26. The van der Waals surface area contributed by atoms with E-state index in [-0.39, 0.29) is 6.04 Å². The van der Waals surface area contributed by atoms with Crippen molar-refractivity contribution in [1.82, 2.24) is 24.6 Å². The number of rotatable bonds is 6. The van der Waals surface area contributed by atoms with Gasteiger partial charge in [0.2, 0.25) is 11.8 Å². The van der Waals surface area contributed by atoms with Crippen molar-refractivity contribution in [3.05, 3.63) is 65.9 Å². The lowest BCUT2D eigenvalue weighted by Gasteiger charge is -2.21. The van der Waals surface area contributed by atoms with Gasteiger partial charge in [-0.05, 0) is 19.5 Å². The molecule has 3 aromatic rings. The highest BCUT2D eigenvalue weighted by atomic mass is 16.4. The minimum Gasteiger partial charge on any atom is -0.424 e. The van der Waals surface area contributed by atoms with Crippen molar-refractivity contribution in [3.8, 4) is 0 Å². The maximum atomic E-state index is 5.52. The average molecular weight is 311 g/mol. The Kier molecular flexibility index (Phi) is 4.52. The highest BCUT2D eigenvalue weighted by Gasteiger charge is 2.19. The molecule has 2 aromatic heterocycles. The molecule has 0 bridgehead atoms. The predicted molar refractivity (Wildman–Crippen MR) is 86.7 cm³/mol. The first kappa shape index (κ1) is 15.4. The van der Waals surface area contributed by atoms with Gasteiger partial charge in [0, 0.05) is 25.9 Å². The van der Waals surface area contributed by atoms with Gasteiger partial charge in [0.05, 0.1) is 12.6 Å². The first-order chi connectivity index (χ1) is 11.1. The normalized spacial score (nSPS) is 12.7. The van der Waals surface area contributed by atoms with E-state index < -0.39 is 0 Å². The van der Waals surface area contributed by atoms with Crippen LogP contribution in [0.2, 0.25) is 0 Å². The summed E-state index contributed by atoms with van der Waals surface area (Å²) in [6.07, 6.45) is 3.85. The number of hydrogen-bond donors (Lipinski definition) is 0. The molecule has 0 radical (unpaired) electrons. The van der Waals surface area contributed by atoms with Crippen molar-refractivity contribution in [3.63, 3.8) is 0 Å². The largest absolute Gasteiger partial charge is 0.424 e. The van der Waals surface area contributed by atoms with Gasteiger partial charge in [-0.1, -0.05) is 30.3 Å². The second-order valence-electron chi connectivity index (χ2n) is 5.71. The number of aromatic nitrogens is 4. The number of imidazole rings is 1. The van der Waals surface area contributed by atoms with Crippen LogP contribution in [-0.4, -0.2) is 31.7 Å². The lowest BCUT2D eigenvalue weighted by atomic mass is 10.2. The Morgan fingerprint density at radius 3 is 2.70 bits per heavy atom. The summed E-state index contributed by atoms with van der Waals surface area (Å²) in [6.45, 7) is 5.38. The maximum Gasteiger partial charge on any atom is 0.233 e. The van der Waals surface area contributed by atoms with E-state index in [0.717, 1.165) is 12.4 Å². The molecule has 0 saturated carbocycles. The zero-order valence-corrected chi connectivity index (χ0v) is 13.7. The molecule has 2 heterocycles. The van der Waals surface area contributed by atoms with Crippen molar-refractivity contribution >= 4 is 0 Å². The topological polar surface area (TPSA) is 60.0 Å². The first-order valence-corrected chi connectivity index (χ1v) is 7.67. The van der Waals surface area contributed by atoms with Gasteiger partial charge in [0.15, 0.2) is 0 Å². The molecule has 1 atom stereocenters. The Bertz CT molecular complexity index is 749. The Balaban J connectivity index is 1.69. The maximum absolute atomic E-state index is 5.52. The van der Waals surface area contributed by atoms with Crippen LogP contribution in [0.25, 0.3) is 0 Å². The van der Waals surface area contributed by atoms with Crippen LogP contribution in [0.3, 0.4) is 0 Å². The summed E-state index contributed by atoms with van der Waals surface area (Å²) in [6, 6.07) is 10.4. The molecule has 0 spiro atoms. The summed E-state index contributed by atoms with van der Waals surface area (Å²) in [5.74, 6) is 2.23. The van der Waals surface area contributed by atoms with Crippen molar-refractivity contribution in [2.45, 2.75) is 33.0 Å². The molecule has 1 aromatic carbocycles. The molecule has 23 heavy (non-hydrogen) atoms. The van der Waals surface area contributed by atoms with E-state index >= 15 is 0 Å². The molecular weight excluding hydrogens is 290 g/mol. The Morgan fingerprint density at radius 2 is 2.00 bits per heavy atom. The zero-order valence-electron chi connectivity index (χ0n) is 13.7. The van der Waals surface area contributed by atoms with Gasteiger partial charge in [-0.15, -0.1) is 10.2 Å². The van der Waals surface area contributed by atoms with E-state index in [1.165, 1.54) is 5.56 Å². The molecule has 0 amide bonds. The Labute approximate surface area is 135 Å². The number of hydrogen-bond acceptors (Lipinski definition) is 5. The van der Waals surface area contributed by atoms with Gasteiger partial charge >= 0.3 is 0 Å². The van der Waals surface area contributed by atoms with Gasteiger partial charge in [-0.2, -0.15) is 0 Å². The van der Waals surface area contributed by atoms with Gasteiger partial charge in [0.1, 0.15) is 5.82 Å². The molecule has 6 heteroatoms. The Morgan fingerprint density at radius 1 is 1.22 bits per heavy atom. The lowest BCUT2D eigenvalue weighted by Crippen LogP contribution is -2.24. The van der Waals surface area contributed by atoms with Gasteiger partial charge < -0.3 is 8.98 Å². The fraction of sp³-hybridized carbons (Fsp3) is 0.353. The summed E-state index contributed by atoms with van der Waals surface area (Å²) in [5, 5.41) is 8.00. The zero-order chi connectivity index (χ0) is 16.2. The van der Waals surface area contributed by atoms with Crippen molar-refractivity contribution < 1.29 is 4.42 Å². The van der Waals surface area contributed by atoms with E-state index in [0.29, 0.717) is 18.3 Å². The second-order valence-corrected chi connectivity index (χ2v) is 5.71. The van der Waals surface area contributed by atoms with Crippen LogP contribution in [0.15, 0.2) is 47.1 Å². The van der Waals surface area contributed by atoms with Crippen LogP contribution in [0.5, 0.6) is 0 Å². The third-order valence-electron chi connectivity index (χ3n) is 3.95. The lowest BCUT2D eigenvalue weighted by molar-refractivity contribution is 0.208. The molecule has 0 N–H and O–H groups in total. The highest BCUT2D eigenvalue weighted by molar-refractivity contribution is 5.15. The van der Waals surface area contributed by atoms with Crippen molar-refractivity contribution in [2.75, 3.05) is 7.05 Å². The fourth-order valence-electron chi connectivity index (χ4n) is 2.44.